The molecule has 0 fully saturated rings. The van der Waals surface area contributed by atoms with Crippen LogP contribution in [-0.2, 0) is 11.3 Å². The van der Waals surface area contributed by atoms with E-state index < -0.39 is 0 Å². The number of ether oxygens (including phenoxy) is 2. The lowest BCUT2D eigenvalue weighted by Crippen LogP contribution is -2.30. The van der Waals surface area contributed by atoms with Gasteiger partial charge in [-0.15, -0.1) is 5.10 Å². The summed E-state index contributed by atoms with van der Waals surface area (Å²) in [5.41, 5.74) is 0.835. The van der Waals surface area contributed by atoms with Crippen molar-refractivity contribution in [3.63, 3.8) is 0 Å². The van der Waals surface area contributed by atoms with Crippen LogP contribution in [0.4, 0.5) is 0 Å². The summed E-state index contributed by atoms with van der Waals surface area (Å²) < 4.78 is 11.9. The molecule has 21 heavy (non-hydrogen) atoms. The molecule has 0 radical (unpaired) electrons. The molecule has 1 amide bonds. The average molecular weight is 291 g/mol. The number of carbonyl (C=O) groups excluding carboxylic acids is 1. The van der Waals surface area contributed by atoms with E-state index in [0.29, 0.717) is 11.5 Å². The molecule has 0 spiro atoms. The Hall–Kier alpha value is -2.64. The van der Waals surface area contributed by atoms with Crippen molar-refractivity contribution >= 4 is 5.91 Å². The molecule has 1 atom stereocenters. The maximum Gasteiger partial charge on any atom is 0.242 e. The summed E-state index contributed by atoms with van der Waals surface area (Å²) in [7, 11) is 3.17. The minimum absolute atomic E-state index is 0.0592. The van der Waals surface area contributed by atoms with E-state index in [4.69, 9.17) is 9.47 Å². The third-order valence-corrected chi connectivity index (χ3v) is 2.98. The molecule has 1 heterocycles. The highest BCUT2D eigenvalue weighted by molar-refractivity contribution is 5.76. The third-order valence-electron chi connectivity index (χ3n) is 2.98. The van der Waals surface area contributed by atoms with E-state index in [-0.39, 0.29) is 18.5 Å². The van der Waals surface area contributed by atoms with E-state index in [1.54, 1.807) is 26.4 Å². The molecule has 0 bridgehead atoms. The number of nitrogens with zero attached hydrogens (tertiary/aromatic N) is 4. The summed E-state index contributed by atoms with van der Waals surface area (Å²) >= 11 is 0. The lowest BCUT2D eigenvalue weighted by atomic mass is 10.1. The van der Waals surface area contributed by atoms with Gasteiger partial charge in [-0.05, 0) is 35.5 Å². The number of rotatable bonds is 6. The number of benzene rings is 1. The van der Waals surface area contributed by atoms with Gasteiger partial charge < -0.3 is 14.8 Å². The van der Waals surface area contributed by atoms with Crippen molar-refractivity contribution in [1.82, 2.24) is 25.5 Å². The van der Waals surface area contributed by atoms with Gasteiger partial charge >= 0.3 is 0 Å². The molecule has 1 aromatic heterocycles. The molecule has 8 nitrogen and oxygen atoms in total. The first-order valence-corrected chi connectivity index (χ1v) is 6.36. The Kier molecular flexibility index (Phi) is 4.70. The quantitative estimate of drug-likeness (QED) is 0.836. The molecule has 0 aliphatic rings. The molecule has 8 heteroatoms. The SMILES string of the molecule is COc1ccc(OC)c([C@H](C)NC(=O)Cn2cnnn2)c1. The second kappa shape index (κ2) is 6.69. The Morgan fingerprint density at radius 2 is 2.19 bits per heavy atom. The topological polar surface area (TPSA) is 91.2 Å². The largest absolute Gasteiger partial charge is 0.497 e. The minimum Gasteiger partial charge on any atom is -0.497 e. The zero-order chi connectivity index (χ0) is 15.2. The monoisotopic (exact) mass is 291 g/mol. The number of carbonyl (C=O) groups is 1. The Balaban J connectivity index is 2.08. The normalized spacial score (nSPS) is 11.8. The van der Waals surface area contributed by atoms with Gasteiger partial charge in [-0.2, -0.15) is 0 Å². The van der Waals surface area contributed by atoms with Crippen LogP contribution >= 0.6 is 0 Å². The van der Waals surface area contributed by atoms with Gasteiger partial charge in [0.25, 0.3) is 0 Å². The van der Waals surface area contributed by atoms with Crippen molar-refractivity contribution in [2.75, 3.05) is 14.2 Å². The zero-order valence-corrected chi connectivity index (χ0v) is 12.1. The van der Waals surface area contributed by atoms with Crippen LogP contribution in [0.25, 0.3) is 0 Å². The standard InChI is InChI=1S/C13H17N5O3/c1-9(15-13(19)7-18-8-14-16-17-18)11-6-10(20-2)4-5-12(11)21-3/h4-6,8-9H,7H2,1-3H3,(H,15,19)/t9-/m0/s1. The maximum absolute atomic E-state index is 11.9. The van der Waals surface area contributed by atoms with Crippen LogP contribution in [-0.4, -0.2) is 40.3 Å². The van der Waals surface area contributed by atoms with Crippen molar-refractivity contribution in [2.24, 2.45) is 0 Å². The molecule has 2 aromatic rings. The molecule has 1 N–H and O–H groups in total. The van der Waals surface area contributed by atoms with Crippen LogP contribution in [0.2, 0.25) is 0 Å². The maximum atomic E-state index is 11.9. The summed E-state index contributed by atoms with van der Waals surface area (Å²) in [4.78, 5) is 11.9. The number of tetrazole rings is 1. The molecule has 2 rings (SSSR count). The molecule has 0 aliphatic heterocycles. The van der Waals surface area contributed by atoms with Gasteiger partial charge in [0.05, 0.1) is 20.3 Å². The van der Waals surface area contributed by atoms with Crippen LogP contribution in [0, 0.1) is 0 Å². The third kappa shape index (κ3) is 3.68. The van der Waals surface area contributed by atoms with Gasteiger partial charge in [0.15, 0.2) is 0 Å². The number of hydrogen-bond acceptors (Lipinski definition) is 6. The van der Waals surface area contributed by atoms with E-state index in [2.05, 4.69) is 20.8 Å². The highest BCUT2D eigenvalue weighted by atomic mass is 16.5. The molecule has 1 aromatic carbocycles. The fraction of sp³-hybridized carbons (Fsp3) is 0.385. The van der Waals surface area contributed by atoms with Crippen molar-refractivity contribution in [1.29, 1.82) is 0 Å². The van der Waals surface area contributed by atoms with E-state index in [1.807, 2.05) is 13.0 Å². The first-order valence-electron chi connectivity index (χ1n) is 6.36. The number of aromatic nitrogens is 4. The van der Waals surface area contributed by atoms with E-state index >= 15 is 0 Å². The predicted molar refractivity (Wildman–Crippen MR) is 73.9 cm³/mol. The Morgan fingerprint density at radius 3 is 2.81 bits per heavy atom. The second-order valence-electron chi connectivity index (χ2n) is 4.40. The lowest BCUT2D eigenvalue weighted by Gasteiger charge is -2.18. The van der Waals surface area contributed by atoms with Gasteiger partial charge in [0.2, 0.25) is 5.91 Å². The number of nitrogens with one attached hydrogen (secondary N) is 1. The fourth-order valence-electron chi connectivity index (χ4n) is 1.94. The van der Waals surface area contributed by atoms with Gasteiger partial charge in [0.1, 0.15) is 24.4 Å². The summed E-state index contributed by atoms with van der Waals surface area (Å²) in [6, 6.07) is 5.20. The summed E-state index contributed by atoms with van der Waals surface area (Å²) in [6.45, 7) is 1.93. The van der Waals surface area contributed by atoms with Crippen LogP contribution in [0.5, 0.6) is 11.5 Å². The summed E-state index contributed by atoms with van der Waals surface area (Å²) in [5, 5.41) is 13.5. The predicted octanol–water partition coefficient (Wildman–Crippen LogP) is 0.568. The Labute approximate surface area is 122 Å². The van der Waals surface area contributed by atoms with Crippen LogP contribution < -0.4 is 14.8 Å². The average Bonchev–Trinajstić information content (AvgIpc) is 2.99. The highest BCUT2D eigenvalue weighted by Gasteiger charge is 2.15. The zero-order valence-electron chi connectivity index (χ0n) is 12.1. The van der Waals surface area contributed by atoms with Crippen LogP contribution in [0.15, 0.2) is 24.5 Å². The molecule has 0 aliphatic carbocycles. The van der Waals surface area contributed by atoms with Gasteiger partial charge in [-0.3, -0.25) is 4.79 Å². The number of methoxy groups -OCH3 is 2. The molecular formula is C13H17N5O3. The molecule has 0 unspecified atom stereocenters. The number of amides is 1. The van der Waals surface area contributed by atoms with E-state index in [0.717, 1.165) is 5.56 Å². The van der Waals surface area contributed by atoms with E-state index in [1.165, 1.54) is 11.0 Å². The van der Waals surface area contributed by atoms with Crippen molar-refractivity contribution in [3.8, 4) is 11.5 Å². The lowest BCUT2D eigenvalue weighted by molar-refractivity contribution is -0.122. The van der Waals surface area contributed by atoms with Crippen LogP contribution in [0.3, 0.4) is 0 Å². The number of hydrogen-bond donors (Lipinski definition) is 1. The van der Waals surface area contributed by atoms with Crippen molar-refractivity contribution < 1.29 is 14.3 Å². The first kappa shape index (κ1) is 14.8. The van der Waals surface area contributed by atoms with E-state index in [9.17, 15) is 4.79 Å². The Morgan fingerprint density at radius 1 is 1.38 bits per heavy atom. The smallest absolute Gasteiger partial charge is 0.242 e. The first-order chi connectivity index (χ1) is 10.1. The van der Waals surface area contributed by atoms with Crippen LogP contribution in [0.1, 0.15) is 18.5 Å². The molecule has 0 saturated carbocycles. The Bertz CT molecular complexity index is 600. The van der Waals surface area contributed by atoms with Gasteiger partial charge in [0, 0.05) is 5.56 Å². The molecular weight excluding hydrogens is 274 g/mol. The molecule has 112 valence electrons. The highest BCUT2D eigenvalue weighted by Crippen LogP contribution is 2.29. The van der Waals surface area contributed by atoms with Crippen molar-refractivity contribution in [2.45, 2.75) is 19.5 Å². The second-order valence-corrected chi connectivity index (χ2v) is 4.40. The van der Waals surface area contributed by atoms with Gasteiger partial charge in [-0.1, -0.05) is 0 Å². The van der Waals surface area contributed by atoms with Crippen molar-refractivity contribution in [3.05, 3.63) is 30.1 Å². The fourth-order valence-corrected chi connectivity index (χ4v) is 1.94. The molecule has 0 saturated heterocycles. The minimum atomic E-state index is -0.237. The summed E-state index contributed by atoms with van der Waals surface area (Å²) in [5.74, 6) is 1.19. The summed E-state index contributed by atoms with van der Waals surface area (Å²) in [6.07, 6.45) is 1.39. The van der Waals surface area contributed by atoms with Gasteiger partial charge in [-0.25, -0.2) is 4.68 Å².